The van der Waals surface area contributed by atoms with Crippen LogP contribution >= 0.6 is 0 Å². The topological polar surface area (TPSA) is 115 Å². The summed E-state index contributed by atoms with van der Waals surface area (Å²) in [5.41, 5.74) is 0. The summed E-state index contributed by atoms with van der Waals surface area (Å²) in [7, 11) is 0. The van der Waals surface area contributed by atoms with Crippen molar-refractivity contribution in [2.24, 2.45) is 0 Å². The van der Waals surface area contributed by atoms with Crippen molar-refractivity contribution in [3.63, 3.8) is 0 Å². The second-order valence-corrected chi connectivity index (χ2v) is 1.44. The predicted octanol–water partition coefficient (Wildman–Crippen LogP) is -0.849. The van der Waals surface area contributed by atoms with E-state index in [0.29, 0.717) is 0 Å². The van der Waals surface area contributed by atoms with E-state index < -0.39 is 12.1 Å². The minimum atomic E-state index is -1.23. The summed E-state index contributed by atoms with van der Waals surface area (Å²) >= 11 is 0. The van der Waals surface area contributed by atoms with Crippen LogP contribution in [-0.4, -0.2) is 45.6 Å². The quantitative estimate of drug-likeness (QED) is 0.393. The standard InChI is InChI=1S/C3H6O3.C2H6O.CH2O2/c1-2(4)3(5)6;1-2-3;2-1-3/h2,4H,1H3,(H,5,6);3H,2H2,1H3;1H,(H,2,3). The third-order valence-electron chi connectivity index (χ3n) is 0.357. The number of rotatable bonds is 1. The molecule has 0 aliphatic heterocycles. The van der Waals surface area contributed by atoms with Crippen LogP contribution in [0.1, 0.15) is 13.8 Å². The first-order valence-corrected chi connectivity index (χ1v) is 3.07. The number of aliphatic hydroxyl groups is 2. The zero-order valence-corrected chi connectivity index (χ0v) is 6.97. The molecule has 0 radical (unpaired) electrons. The maximum atomic E-state index is 9.45. The molecule has 0 aromatic heterocycles. The van der Waals surface area contributed by atoms with Crippen LogP contribution in [0.3, 0.4) is 0 Å². The Hall–Kier alpha value is -1.14. The Kier molecular flexibility index (Phi) is 23.4. The number of carboxylic acids is 1. The van der Waals surface area contributed by atoms with Gasteiger partial charge in [-0.3, -0.25) is 4.79 Å². The van der Waals surface area contributed by atoms with Gasteiger partial charge in [0, 0.05) is 6.61 Å². The molecule has 6 nitrogen and oxygen atoms in total. The maximum absolute atomic E-state index is 9.45. The number of hydrogen-bond acceptors (Lipinski definition) is 4. The molecule has 0 aliphatic carbocycles. The van der Waals surface area contributed by atoms with Gasteiger partial charge >= 0.3 is 5.97 Å². The Morgan fingerprint density at radius 1 is 1.58 bits per heavy atom. The lowest BCUT2D eigenvalue weighted by atomic mass is 10.4. The van der Waals surface area contributed by atoms with Crippen molar-refractivity contribution in [1.29, 1.82) is 0 Å². The molecule has 0 aliphatic rings. The van der Waals surface area contributed by atoms with Gasteiger partial charge in [0.2, 0.25) is 0 Å². The molecule has 0 bridgehead atoms. The summed E-state index contributed by atoms with van der Waals surface area (Å²) in [6.07, 6.45) is -1.23. The van der Waals surface area contributed by atoms with Crippen molar-refractivity contribution in [3.05, 3.63) is 0 Å². The minimum absolute atomic E-state index is 0.250. The van der Waals surface area contributed by atoms with Crippen LogP contribution in [0.5, 0.6) is 0 Å². The summed E-state index contributed by atoms with van der Waals surface area (Å²) in [5.74, 6) is -1.19. The highest BCUT2D eigenvalue weighted by Crippen LogP contribution is 1.73. The average molecular weight is 182 g/mol. The normalized spacial score (nSPS) is 9.33. The summed E-state index contributed by atoms with van der Waals surface area (Å²) in [4.78, 5) is 17.8. The van der Waals surface area contributed by atoms with Crippen LogP contribution in [0.25, 0.3) is 0 Å². The van der Waals surface area contributed by atoms with Crippen LogP contribution in [0.2, 0.25) is 0 Å². The highest BCUT2D eigenvalue weighted by atomic mass is 16.4. The molecule has 4 N–H and O–H groups in total. The van der Waals surface area contributed by atoms with Crippen molar-refractivity contribution in [3.8, 4) is 0 Å². The third kappa shape index (κ3) is 66.9. The van der Waals surface area contributed by atoms with E-state index in [0.717, 1.165) is 0 Å². The second kappa shape index (κ2) is 16.4. The number of carboxylic acid groups (broad SMARTS) is 2. The van der Waals surface area contributed by atoms with E-state index in [-0.39, 0.29) is 13.1 Å². The lowest BCUT2D eigenvalue weighted by Crippen LogP contribution is -2.13. The third-order valence-corrected chi connectivity index (χ3v) is 0.357. The number of carbonyl (C=O) groups is 2. The molecule has 0 saturated heterocycles. The Bertz CT molecular complexity index is 100. The summed E-state index contributed by atoms with van der Waals surface area (Å²) < 4.78 is 0. The van der Waals surface area contributed by atoms with Crippen molar-refractivity contribution >= 4 is 12.4 Å². The van der Waals surface area contributed by atoms with E-state index in [1.165, 1.54) is 6.92 Å². The first kappa shape index (κ1) is 17.1. The van der Waals surface area contributed by atoms with Crippen molar-refractivity contribution < 1.29 is 30.0 Å². The highest BCUT2D eigenvalue weighted by Gasteiger charge is 2.01. The van der Waals surface area contributed by atoms with E-state index in [1.807, 2.05) is 0 Å². The van der Waals surface area contributed by atoms with Gasteiger partial charge < -0.3 is 20.4 Å². The molecule has 0 aromatic rings. The van der Waals surface area contributed by atoms with Crippen molar-refractivity contribution in [2.45, 2.75) is 20.0 Å². The summed E-state index contributed by atoms with van der Waals surface area (Å²) in [5, 5.41) is 30.2. The van der Waals surface area contributed by atoms with Crippen LogP contribution < -0.4 is 0 Å². The Balaban J connectivity index is -0.000000115. The summed E-state index contributed by atoms with van der Waals surface area (Å²) in [6.45, 7) is 2.88. The van der Waals surface area contributed by atoms with Gasteiger partial charge in [-0.2, -0.15) is 0 Å². The molecule has 1 atom stereocenters. The molecule has 74 valence electrons. The molecule has 12 heavy (non-hydrogen) atoms. The van der Waals surface area contributed by atoms with Crippen LogP contribution in [0, 0.1) is 0 Å². The van der Waals surface area contributed by atoms with Gasteiger partial charge in [0.05, 0.1) is 0 Å². The number of aliphatic hydroxyl groups excluding tert-OH is 2. The van der Waals surface area contributed by atoms with E-state index in [4.69, 9.17) is 25.2 Å². The Morgan fingerprint density at radius 3 is 1.67 bits per heavy atom. The van der Waals surface area contributed by atoms with Crippen LogP contribution in [0.4, 0.5) is 0 Å². The largest absolute Gasteiger partial charge is 0.483 e. The lowest BCUT2D eigenvalue weighted by molar-refractivity contribution is -0.145. The Labute approximate surface area is 70.1 Å². The van der Waals surface area contributed by atoms with E-state index in [9.17, 15) is 4.79 Å². The van der Waals surface area contributed by atoms with Gasteiger partial charge in [0.15, 0.2) is 0 Å². The van der Waals surface area contributed by atoms with Gasteiger partial charge in [0.25, 0.3) is 6.47 Å². The minimum Gasteiger partial charge on any atom is -0.483 e. The molecule has 0 aromatic carbocycles. The van der Waals surface area contributed by atoms with Gasteiger partial charge in [-0.25, -0.2) is 4.79 Å². The van der Waals surface area contributed by atoms with Gasteiger partial charge in [-0.05, 0) is 13.8 Å². The molecular weight excluding hydrogens is 168 g/mol. The monoisotopic (exact) mass is 182 g/mol. The van der Waals surface area contributed by atoms with Crippen molar-refractivity contribution in [2.75, 3.05) is 6.61 Å². The first-order chi connectivity index (χ1) is 5.47. The van der Waals surface area contributed by atoms with Crippen LogP contribution in [-0.2, 0) is 9.59 Å². The van der Waals surface area contributed by atoms with E-state index in [1.54, 1.807) is 6.92 Å². The number of aliphatic carboxylic acids is 1. The number of hydrogen-bond donors (Lipinski definition) is 4. The maximum Gasteiger partial charge on any atom is 0.332 e. The fourth-order valence-electron chi connectivity index (χ4n) is 0. The molecular formula is C6H14O6. The Morgan fingerprint density at radius 2 is 1.67 bits per heavy atom. The van der Waals surface area contributed by atoms with Gasteiger partial charge in [0.1, 0.15) is 6.10 Å². The molecule has 6 heteroatoms. The van der Waals surface area contributed by atoms with E-state index in [2.05, 4.69) is 0 Å². The molecule has 0 saturated carbocycles. The fourth-order valence-corrected chi connectivity index (χ4v) is 0. The average Bonchev–Trinajstić information content (AvgIpc) is 1.90. The fraction of sp³-hybridized carbons (Fsp3) is 0.667. The zero-order chi connectivity index (χ0) is 10.6. The highest BCUT2D eigenvalue weighted by molar-refractivity contribution is 5.71. The van der Waals surface area contributed by atoms with Crippen LogP contribution in [0.15, 0.2) is 0 Å². The second-order valence-electron chi connectivity index (χ2n) is 1.44. The SMILES string of the molecule is CC(O)C(=O)O.CCO.O=CO. The predicted molar refractivity (Wildman–Crippen MR) is 40.8 cm³/mol. The van der Waals surface area contributed by atoms with E-state index >= 15 is 0 Å². The molecule has 0 rings (SSSR count). The van der Waals surface area contributed by atoms with Gasteiger partial charge in [-0.1, -0.05) is 0 Å². The first-order valence-electron chi connectivity index (χ1n) is 3.07. The summed E-state index contributed by atoms with van der Waals surface area (Å²) in [6, 6.07) is 0. The lowest BCUT2D eigenvalue weighted by Gasteiger charge is -1.89. The molecule has 0 spiro atoms. The molecule has 0 heterocycles. The smallest absolute Gasteiger partial charge is 0.332 e. The molecule has 1 unspecified atom stereocenters. The van der Waals surface area contributed by atoms with Crippen molar-refractivity contribution in [1.82, 2.24) is 0 Å². The van der Waals surface area contributed by atoms with Gasteiger partial charge in [-0.15, -0.1) is 0 Å². The zero-order valence-electron chi connectivity index (χ0n) is 6.97. The molecule has 0 amide bonds. The molecule has 0 fully saturated rings.